The van der Waals surface area contributed by atoms with Crippen LogP contribution in [0.5, 0.6) is 5.75 Å². The molecule has 0 spiro atoms. The molecular formula is C24H22FN3O2. The van der Waals surface area contributed by atoms with Gasteiger partial charge < -0.3 is 9.15 Å². The maximum Gasteiger partial charge on any atom is 0.247 e. The lowest BCUT2D eigenvalue weighted by Crippen LogP contribution is -2.25. The molecule has 0 aliphatic carbocycles. The first-order valence-electron chi connectivity index (χ1n) is 9.61. The van der Waals surface area contributed by atoms with Crippen molar-refractivity contribution in [1.29, 1.82) is 0 Å². The van der Waals surface area contributed by atoms with Crippen molar-refractivity contribution in [2.75, 3.05) is 14.2 Å². The van der Waals surface area contributed by atoms with Crippen molar-refractivity contribution in [1.82, 2.24) is 15.1 Å². The molecule has 0 unspecified atom stereocenters. The number of nitrogens with zero attached hydrogens (tertiary/aromatic N) is 3. The number of aromatic nitrogens is 2. The van der Waals surface area contributed by atoms with Crippen LogP contribution in [0.15, 0.2) is 83.3 Å². The van der Waals surface area contributed by atoms with Gasteiger partial charge in [0.15, 0.2) is 0 Å². The van der Waals surface area contributed by atoms with Gasteiger partial charge in [0.05, 0.1) is 19.7 Å². The summed E-state index contributed by atoms with van der Waals surface area (Å²) in [5.74, 6) is 1.47. The molecule has 4 aromatic rings. The Bertz CT molecular complexity index is 1080. The minimum Gasteiger partial charge on any atom is -0.497 e. The third-order valence-corrected chi connectivity index (χ3v) is 4.93. The van der Waals surface area contributed by atoms with Crippen molar-refractivity contribution in [3.63, 3.8) is 0 Å². The SMILES string of the molecule is COc1ccc(-c2nnc(CN(C)[C@H](c3ccccc3)c3ccc(F)cc3)o2)cc1. The van der Waals surface area contributed by atoms with Gasteiger partial charge in [-0.2, -0.15) is 0 Å². The van der Waals surface area contributed by atoms with Gasteiger partial charge in [0.25, 0.3) is 0 Å². The molecule has 152 valence electrons. The second kappa shape index (κ2) is 8.88. The molecule has 0 radical (unpaired) electrons. The molecule has 1 heterocycles. The third-order valence-electron chi connectivity index (χ3n) is 4.93. The Morgan fingerprint density at radius 2 is 1.57 bits per heavy atom. The van der Waals surface area contributed by atoms with Crippen LogP contribution in [0.25, 0.3) is 11.5 Å². The van der Waals surface area contributed by atoms with Crippen molar-refractivity contribution in [2.45, 2.75) is 12.6 Å². The maximum atomic E-state index is 13.5. The van der Waals surface area contributed by atoms with Crippen LogP contribution in [0, 0.1) is 5.82 Å². The number of hydrogen-bond acceptors (Lipinski definition) is 5. The Morgan fingerprint density at radius 3 is 2.23 bits per heavy atom. The Hall–Kier alpha value is -3.51. The molecule has 0 bridgehead atoms. The molecule has 0 aliphatic rings. The smallest absolute Gasteiger partial charge is 0.247 e. The van der Waals surface area contributed by atoms with E-state index in [1.807, 2.05) is 49.5 Å². The number of ether oxygens (including phenoxy) is 1. The highest BCUT2D eigenvalue weighted by Gasteiger charge is 2.21. The van der Waals surface area contributed by atoms with Gasteiger partial charge in [-0.15, -0.1) is 10.2 Å². The van der Waals surface area contributed by atoms with Crippen LogP contribution >= 0.6 is 0 Å². The van der Waals surface area contributed by atoms with Gasteiger partial charge in [0.1, 0.15) is 11.6 Å². The Morgan fingerprint density at radius 1 is 0.900 bits per heavy atom. The minimum absolute atomic E-state index is 0.0804. The van der Waals surface area contributed by atoms with Crippen molar-refractivity contribution < 1.29 is 13.5 Å². The first kappa shape index (κ1) is 19.8. The molecule has 0 fully saturated rings. The predicted octanol–water partition coefficient (Wildman–Crippen LogP) is 5.11. The summed E-state index contributed by atoms with van der Waals surface area (Å²) >= 11 is 0. The van der Waals surface area contributed by atoms with Crippen LogP contribution in [-0.4, -0.2) is 29.3 Å². The van der Waals surface area contributed by atoms with Crippen molar-refractivity contribution in [2.24, 2.45) is 0 Å². The van der Waals surface area contributed by atoms with E-state index in [0.717, 1.165) is 22.4 Å². The molecule has 0 amide bonds. The van der Waals surface area contributed by atoms with Crippen LogP contribution in [0.4, 0.5) is 4.39 Å². The summed E-state index contributed by atoms with van der Waals surface area (Å²) in [7, 11) is 3.61. The second-order valence-corrected chi connectivity index (χ2v) is 7.01. The predicted molar refractivity (Wildman–Crippen MR) is 112 cm³/mol. The molecule has 5 nitrogen and oxygen atoms in total. The fraction of sp³-hybridized carbons (Fsp3) is 0.167. The second-order valence-electron chi connectivity index (χ2n) is 7.01. The van der Waals surface area contributed by atoms with Gasteiger partial charge in [-0.25, -0.2) is 4.39 Å². The number of halogens is 1. The van der Waals surface area contributed by atoms with Crippen LogP contribution in [0.2, 0.25) is 0 Å². The highest BCUT2D eigenvalue weighted by molar-refractivity contribution is 5.53. The number of hydrogen-bond donors (Lipinski definition) is 0. The monoisotopic (exact) mass is 403 g/mol. The fourth-order valence-corrected chi connectivity index (χ4v) is 3.45. The normalized spacial score (nSPS) is 12.1. The van der Waals surface area contributed by atoms with E-state index >= 15 is 0 Å². The van der Waals surface area contributed by atoms with Gasteiger partial charge in [-0.3, -0.25) is 4.90 Å². The molecule has 0 aliphatic heterocycles. The van der Waals surface area contributed by atoms with Crippen LogP contribution in [0.1, 0.15) is 23.1 Å². The average Bonchev–Trinajstić information content (AvgIpc) is 3.24. The first-order valence-corrected chi connectivity index (χ1v) is 9.61. The zero-order valence-electron chi connectivity index (χ0n) is 16.8. The lowest BCUT2D eigenvalue weighted by Gasteiger charge is -2.28. The van der Waals surface area contributed by atoms with E-state index < -0.39 is 0 Å². The van der Waals surface area contributed by atoms with Gasteiger partial charge >= 0.3 is 0 Å². The molecule has 1 aromatic heterocycles. The van der Waals surface area contributed by atoms with Crippen molar-refractivity contribution in [3.05, 3.63) is 102 Å². The van der Waals surface area contributed by atoms with Crippen LogP contribution < -0.4 is 4.74 Å². The maximum absolute atomic E-state index is 13.5. The van der Waals surface area contributed by atoms with E-state index in [-0.39, 0.29) is 11.9 Å². The van der Waals surface area contributed by atoms with E-state index in [4.69, 9.17) is 9.15 Å². The number of benzene rings is 3. The molecule has 4 rings (SSSR count). The highest BCUT2D eigenvalue weighted by Crippen LogP contribution is 2.29. The molecule has 3 aromatic carbocycles. The third kappa shape index (κ3) is 4.39. The zero-order chi connectivity index (χ0) is 20.9. The first-order chi connectivity index (χ1) is 14.6. The largest absolute Gasteiger partial charge is 0.497 e. The Balaban J connectivity index is 1.57. The molecular weight excluding hydrogens is 381 g/mol. The summed E-state index contributed by atoms with van der Waals surface area (Å²) in [4.78, 5) is 2.11. The van der Waals surface area contributed by atoms with Crippen molar-refractivity contribution in [3.8, 4) is 17.2 Å². The van der Waals surface area contributed by atoms with E-state index in [1.165, 1.54) is 12.1 Å². The zero-order valence-corrected chi connectivity index (χ0v) is 16.8. The lowest BCUT2D eigenvalue weighted by molar-refractivity contribution is 0.243. The summed E-state index contributed by atoms with van der Waals surface area (Å²) in [6.07, 6.45) is 0. The molecule has 0 saturated carbocycles. The van der Waals surface area contributed by atoms with Gasteiger partial charge in [0.2, 0.25) is 11.8 Å². The van der Waals surface area contributed by atoms with Crippen LogP contribution in [-0.2, 0) is 6.54 Å². The quantitative estimate of drug-likeness (QED) is 0.429. The van der Waals surface area contributed by atoms with E-state index in [2.05, 4.69) is 27.2 Å². The fourth-order valence-electron chi connectivity index (χ4n) is 3.45. The molecule has 0 N–H and O–H groups in total. The minimum atomic E-state index is -0.255. The van der Waals surface area contributed by atoms with E-state index in [0.29, 0.717) is 18.3 Å². The lowest BCUT2D eigenvalue weighted by atomic mass is 9.97. The summed E-state index contributed by atoms with van der Waals surface area (Å²) in [6, 6.07) is 24.0. The topological polar surface area (TPSA) is 51.4 Å². The van der Waals surface area contributed by atoms with Crippen molar-refractivity contribution >= 4 is 0 Å². The number of rotatable bonds is 7. The highest BCUT2D eigenvalue weighted by atomic mass is 19.1. The van der Waals surface area contributed by atoms with E-state index in [9.17, 15) is 4.39 Å². The Labute approximate surface area is 174 Å². The van der Waals surface area contributed by atoms with Gasteiger partial charge in [0, 0.05) is 5.56 Å². The summed E-state index contributed by atoms with van der Waals surface area (Å²) in [5, 5.41) is 8.39. The molecule has 6 heteroatoms. The Kier molecular flexibility index (Phi) is 5.86. The number of methoxy groups -OCH3 is 1. The van der Waals surface area contributed by atoms with E-state index in [1.54, 1.807) is 19.2 Å². The molecule has 30 heavy (non-hydrogen) atoms. The summed E-state index contributed by atoms with van der Waals surface area (Å²) in [5.41, 5.74) is 2.91. The summed E-state index contributed by atoms with van der Waals surface area (Å²) in [6.45, 7) is 0.445. The summed E-state index contributed by atoms with van der Waals surface area (Å²) < 4.78 is 24.5. The van der Waals surface area contributed by atoms with Gasteiger partial charge in [-0.1, -0.05) is 42.5 Å². The molecule has 1 atom stereocenters. The standard InChI is InChI=1S/C24H22FN3O2/c1-28(16-22-26-27-24(30-22)19-10-14-21(29-2)15-11-19)23(17-6-4-3-5-7-17)18-8-12-20(25)13-9-18/h3-15,23H,16H2,1-2H3/t23-/m1/s1. The molecule has 0 saturated heterocycles. The van der Waals surface area contributed by atoms with Crippen LogP contribution in [0.3, 0.4) is 0 Å². The van der Waals surface area contributed by atoms with Gasteiger partial charge in [-0.05, 0) is 54.6 Å². The average molecular weight is 403 g/mol.